The van der Waals surface area contributed by atoms with Gasteiger partial charge in [0.1, 0.15) is 27.0 Å². The third-order valence-electron chi connectivity index (χ3n) is 4.57. The minimum absolute atomic E-state index is 0.135. The van der Waals surface area contributed by atoms with Crippen LogP contribution in [0.2, 0.25) is 0 Å². The van der Waals surface area contributed by atoms with Crippen molar-refractivity contribution in [3.05, 3.63) is 46.8 Å². The number of hydrogen-bond acceptors (Lipinski definition) is 8. The molecular weight excluding hydrogens is 453 g/mol. The summed E-state index contributed by atoms with van der Waals surface area (Å²) in [5.41, 5.74) is 1.82. The Bertz CT molecular complexity index is 1210. The lowest BCUT2D eigenvalue weighted by Gasteiger charge is -2.14. The van der Waals surface area contributed by atoms with Gasteiger partial charge in [-0.2, -0.15) is 0 Å². The van der Waals surface area contributed by atoms with Crippen molar-refractivity contribution in [3.63, 3.8) is 0 Å². The number of aromatic nitrogens is 4. The summed E-state index contributed by atoms with van der Waals surface area (Å²) in [6, 6.07) is 6.35. The summed E-state index contributed by atoms with van der Waals surface area (Å²) in [6.07, 6.45) is 2.13. The minimum atomic E-state index is -0.356. The van der Waals surface area contributed by atoms with Crippen LogP contribution in [0.1, 0.15) is 38.1 Å². The summed E-state index contributed by atoms with van der Waals surface area (Å²) in [5, 5.41) is 15.7. The fourth-order valence-electron chi connectivity index (χ4n) is 2.94. The summed E-state index contributed by atoms with van der Waals surface area (Å²) in [4.78, 5) is 22.6. The van der Waals surface area contributed by atoms with Crippen molar-refractivity contribution >= 4 is 55.7 Å². The van der Waals surface area contributed by atoms with E-state index in [4.69, 9.17) is 0 Å². The van der Waals surface area contributed by atoms with Crippen LogP contribution < -0.4 is 5.32 Å². The summed E-state index contributed by atoms with van der Waals surface area (Å²) >= 11 is 4.29. The van der Waals surface area contributed by atoms with Crippen LogP contribution in [-0.4, -0.2) is 31.3 Å². The Morgan fingerprint density at radius 1 is 1.19 bits per heavy atom. The Balaban J connectivity index is 1.60. The van der Waals surface area contributed by atoms with Crippen LogP contribution in [-0.2, 0) is 4.79 Å². The van der Waals surface area contributed by atoms with Gasteiger partial charge in [0.2, 0.25) is 11.0 Å². The first-order valence-corrected chi connectivity index (χ1v) is 12.3. The Labute approximate surface area is 191 Å². The van der Waals surface area contributed by atoms with Crippen molar-refractivity contribution in [2.75, 3.05) is 5.32 Å². The molecule has 3 aromatic heterocycles. The number of nitrogens with zero attached hydrogens (tertiary/aromatic N) is 4. The first-order valence-electron chi connectivity index (χ1n) is 9.75. The maximum absolute atomic E-state index is 13.4. The van der Waals surface area contributed by atoms with E-state index < -0.39 is 0 Å². The lowest BCUT2D eigenvalue weighted by Crippen LogP contribution is -2.24. The topological polar surface area (TPSA) is 80.7 Å². The zero-order valence-corrected chi connectivity index (χ0v) is 19.6. The van der Waals surface area contributed by atoms with E-state index >= 15 is 0 Å². The fraction of sp³-hybridized carbons (Fsp3) is 0.286. The maximum Gasteiger partial charge on any atom is 0.239 e. The fourth-order valence-corrected chi connectivity index (χ4v) is 5.70. The number of thiophene rings is 1. The highest BCUT2D eigenvalue weighted by Gasteiger charge is 2.23. The highest BCUT2D eigenvalue weighted by Crippen LogP contribution is 2.39. The van der Waals surface area contributed by atoms with Gasteiger partial charge < -0.3 is 0 Å². The molecular formula is C21H20FN5OS3. The van der Waals surface area contributed by atoms with Gasteiger partial charge in [-0.3, -0.25) is 10.1 Å². The van der Waals surface area contributed by atoms with E-state index in [1.165, 1.54) is 52.9 Å². The van der Waals surface area contributed by atoms with Crippen molar-refractivity contribution in [2.24, 2.45) is 0 Å². The van der Waals surface area contributed by atoms with Crippen LogP contribution in [0.4, 0.5) is 9.52 Å². The molecule has 6 nitrogen and oxygen atoms in total. The molecule has 1 amide bonds. The molecule has 1 N–H and O–H groups in total. The van der Waals surface area contributed by atoms with Crippen LogP contribution in [0.25, 0.3) is 21.3 Å². The molecule has 31 heavy (non-hydrogen) atoms. The van der Waals surface area contributed by atoms with Crippen molar-refractivity contribution in [2.45, 2.75) is 43.4 Å². The molecule has 0 fully saturated rings. The summed E-state index contributed by atoms with van der Waals surface area (Å²) in [7, 11) is 0. The highest BCUT2D eigenvalue weighted by molar-refractivity contribution is 8.00. The Morgan fingerprint density at radius 2 is 1.97 bits per heavy atom. The number of halogens is 1. The largest absolute Gasteiger partial charge is 0.300 e. The predicted octanol–water partition coefficient (Wildman–Crippen LogP) is 5.98. The van der Waals surface area contributed by atoms with E-state index in [-0.39, 0.29) is 22.9 Å². The minimum Gasteiger partial charge on any atom is -0.300 e. The smallest absolute Gasteiger partial charge is 0.239 e. The van der Waals surface area contributed by atoms with Gasteiger partial charge in [0, 0.05) is 16.9 Å². The predicted molar refractivity (Wildman–Crippen MR) is 125 cm³/mol. The van der Waals surface area contributed by atoms with Gasteiger partial charge in [0.25, 0.3) is 0 Å². The van der Waals surface area contributed by atoms with Gasteiger partial charge in [-0.1, -0.05) is 56.0 Å². The van der Waals surface area contributed by atoms with E-state index in [1.54, 1.807) is 12.1 Å². The number of anilines is 1. The molecule has 10 heteroatoms. The molecule has 1 unspecified atom stereocenters. The van der Waals surface area contributed by atoms with Crippen LogP contribution >= 0.6 is 34.4 Å². The number of hydrogen-bond donors (Lipinski definition) is 1. The zero-order chi connectivity index (χ0) is 22.0. The van der Waals surface area contributed by atoms with Crippen LogP contribution in [0.5, 0.6) is 0 Å². The summed E-state index contributed by atoms with van der Waals surface area (Å²) in [5.74, 6) is -0.157. The van der Waals surface area contributed by atoms with Crippen molar-refractivity contribution in [1.82, 2.24) is 20.2 Å². The molecule has 0 aliphatic heterocycles. The first-order chi connectivity index (χ1) is 15.0. The average Bonchev–Trinajstić information content (AvgIpc) is 3.40. The molecule has 0 saturated carbocycles. The molecule has 4 rings (SSSR count). The van der Waals surface area contributed by atoms with E-state index in [0.717, 1.165) is 31.4 Å². The third kappa shape index (κ3) is 4.76. The number of nitrogens with one attached hydrogen (secondary N) is 1. The standard InChI is InChI=1S/C21H20FN5OS3/c1-4-15(17(28)25-21-27-26-18(31-21)11(2)3)30-20-16-14(9-29-19(16)23-10-24-20)12-5-7-13(22)8-6-12/h5-11,15H,4H2,1-3H3,(H,25,27,28). The SMILES string of the molecule is CCC(Sc1ncnc2scc(-c3ccc(F)cc3)c12)C(=O)Nc1nnc(C(C)C)s1. The van der Waals surface area contributed by atoms with Gasteiger partial charge in [0.15, 0.2) is 0 Å². The van der Waals surface area contributed by atoms with Crippen molar-refractivity contribution < 1.29 is 9.18 Å². The van der Waals surface area contributed by atoms with Crippen LogP contribution in [0.3, 0.4) is 0 Å². The molecule has 0 aliphatic rings. The normalized spacial score (nSPS) is 12.4. The van der Waals surface area contributed by atoms with E-state index in [1.807, 2.05) is 26.2 Å². The second-order valence-corrected chi connectivity index (χ2v) is 10.2. The number of rotatable bonds is 7. The Hall–Kier alpha value is -2.43. The summed E-state index contributed by atoms with van der Waals surface area (Å²) in [6.45, 7) is 6.04. The monoisotopic (exact) mass is 473 g/mol. The molecule has 0 aliphatic carbocycles. The number of benzene rings is 1. The number of carbonyl (C=O) groups excluding carboxylic acids is 1. The molecule has 4 aromatic rings. The molecule has 0 spiro atoms. The lowest BCUT2D eigenvalue weighted by atomic mass is 10.1. The van der Waals surface area contributed by atoms with Crippen LogP contribution in [0.15, 0.2) is 41.0 Å². The number of fused-ring (bicyclic) bond motifs is 1. The summed E-state index contributed by atoms with van der Waals surface area (Å²) < 4.78 is 13.4. The Kier molecular flexibility index (Phi) is 6.59. The average molecular weight is 474 g/mol. The van der Waals surface area contributed by atoms with E-state index in [2.05, 4.69) is 25.5 Å². The highest BCUT2D eigenvalue weighted by atomic mass is 32.2. The quantitative estimate of drug-likeness (QED) is 0.263. The second-order valence-electron chi connectivity index (χ2n) is 7.12. The second kappa shape index (κ2) is 9.37. The molecule has 1 atom stereocenters. The van der Waals surface area contributed by atoms with Crippen LogP contribution in [0, 0.1) is 5.82 Å². The lowest BCUT2D eigenvalue weighted by molar-refractivity contribution is -0.115. The van der Waals surface area contributed by atoms with Gasteiger partial charge in [-0.25, -0.2) is 14.4 Å². The van der Waals surface area contributed by atoms with Gasteiger partial charge in [0.05, 0.1) is 10.6 Å². The maximum atomic E-state index is 13.4. The number of carbonyl (C=O) groups is 1. The molecule has 1 aromatic carbocycles. The number of amides is 1. The van der Waals surface area contributed by atoms with Gasteiger partial charge in [-0.05, 0) is 24.1 Å². The zero-order valence-electron chi connectivity index (χ0n) is 17.1. The van der Waals surface area contributed by atoms with Crippen molar-refractivity contribution in [1.29, 1.82) is 0 Å². The molecule has 0 radical (unpaired) electrons. The van der Waals surface area contributed by atoms with Gasteiger partial charge >= 0.3 is 0 Å². The number of thioether (sulfide) groups is 1. The molecule has 160 valence electrons. The molecule has 3 heterocycles. The van der Waals surface area contributed by atoms with E-state index in [9.17, 15) is 9.18 Å². The third-order valence-corrected chi connectivity index (χ3v) is 7.96. The van der Waals surface area contributed by atoms with E-state index in [0.29, 0.717) is 11.6 Å². The van der Waals surface area contributed by atoms with Crippen molar-refractivity contribution in [3.8, 4) is 11.1 Å². The molecule has 0 saturated heterocycles. The molecule has 0 bridgehead atoms. The van der Waals surface area contributed by atoms with Gasteiger partial charge in [-0.15, -0.1) is 21.5 Å². The first kappa shape index (κ1) is 21.8. The Morgan fingerprint density at radius 3 is 2.65 bits per heavy atom.